The lowest BCUT2D eigenvalue weighted by atomic mass is 9.97. The van der Waals surface area contributed by atoms with Gasteiger partial charge in [0.15, 0.2) is 0 Å². The smallest absolute Gasteiger partial charge is 0.411 e. The Kier molecular flexibility index (Phi) is 5.97. The summed E-state index contributed by atoms with van der Waals surface area (Å²) in [7, 11) is 0. The van der Waals surface area contributed by atoms with Crippen molar-refractivity contribution in [3.8, 4) is 0 Å². The Morgan fingerprint density at radius 2 is 1.59 bits per heavy atom. The summed E-state index contributed by atoms with van der Waals surface area (Å²) < 4.78 is 10.5. The van der Waals surface area contributed by atoms with Crippen molar-refractivity contribution in [3.05, 3.63) is 29.8 Å². The summed E-state index contributed by atoms with van der Waals surface area (Å²) in [5.74, 6) is -0.418. The highest BCUT2D eigenvalue weighted by molar-refractivity contribution is 5.84. The van der Waals surface area contributed by atoms with Crippen LogP contribution >= 0.6 is 0 Å². The number of hydrogen-bond donors (Lipinski definition) is 1. The van der Waals surface area contributed by atoms with Gasteiger partial charge in [-0.05, 0) is 45.4 Å². The Morgan fingerprint density at radius 1 is 1.05 bits per heavy atom. The van der Waals surface area contributed by atoms with Crippen LogP contribution in [0.3, 0.4) is 0 Å². The molecule has 0 radical (unpaired) electrons. The number of ether oxygens (including phenoxy) is 2. The molecule has 0 aliphatic carbocycles. The van der Waals surface area contributed by atoms with Gasteiger partial charge in [-0.3, -0.25) is 10.1 Å². The van der Waals surface area contributed by atoms with Gasteiger partial charge in [0.2, 0.25) is 0 Å². The molecule has 1 aromatic rings. The fraction of sp³-hybridized carbons (Fsp3) is 0.529. The summed E-state index contributed by atoms with van der Waals surface area (Å²) in [6, 6.07) is 7.14. The number of carbonyl (C=O) groups excluding carboxylic acids is 2. The molecule has 0 bridgehead atoms. The number of benzene rings is 1. The van der Waals surface area contributed by atoms with Crippen molar-refractivity contribution < 1.29 is 19.1 Å². The monoisotopic (exact) mass is 307 g/mol. The lowest BCUT2D eigenvalue weighted by molar-refractivity contribution is -0.161. The highest BCUT2D eigenvalue weighted by Crippen LogP contribution is 2.27. The molecule has 1 rings (SSSR count). The summed E-state index contributed by atoms with van der Waals surface area (Å²) in [5, 5.41) is 2.64. The van der Waals surface area contributed by atoms with Gasteiger partial charge in [-0.1, -0.05) is 26.0 Å². The second kappa shape index (κ2) is 7.29. The normalized spacial score (nSPS) is 11.5. The molecule has 0 saturated heterocycles. The third kappa shape index (κ3) is 5.39. The molecule has 0 aliphatic rings. The molecule has 0 unspecified atom stereocenters. The lowest BCUT2D eigenvalue weighted by Gasteiger charge is -2.27. The minimum Gasteiger partial charge on any atom is -0.455 e. The maximum atomic E-state index is 11.8. The molecule has 0 heterocycles. The van der Waals surface area contributed by atoms with Crippen LogP contribution < -0.4 is 5.32 Å². The van der Waals surface area contributed by atoms with Gasteiger partial charge in [-0.15, -0.1) is 0 Å². The highest BCUT2D eigenvalue weighted by atomic mass is 16.6. The maximum Gasteiger partial charge on any atom is 0.411 e. The lowest BCUT2D eigenvalue weighted by Crippen LogP contribution is -2.28. The fourth-order valence-electron chi connectivity index (χ4n) is 1.74. The number of amides is 1. The van der Waals surface area contributed by atoms with E-state index in [-0.39, 0.29) is 18.0 Å². The first kappa shape index (κ1) is 18.0. The molecule has 0 saturated carbocycles. The van der Waals surface area contributed by atoms with Crippen LogP contribution in [0.25, 0.3) is 0 Å². The van der Waals surface area contributed by atoms with E-state index in [9.17, 15) is 9.59 Å². The molecule has 0 spiro atoms. The predicted molar refractivity (Wildman–Crippen MR) is 85.6 cm³/mol. The summed E-state index contributed by atoms with van der Waals surface area (Å²) in [4.78, 5) is 23.3. The number of rotatable bonds is 5. The zero-order chi connectivity index (χ0) is 16.9. The van der Waals surface area contributed by atoms with Crippen LogP contribution in [0.2, 0.25) is 0 Å². The van der Waals surface area contributed by atoms with Crippen LogP contribution in [0.5, 0.6) is 0 Å². The van der Waals surface area contributed by atoms with Crippen molar-refractivity contribution in [3.63, 3.8) is 0 Å². The van der Waals surface area contributed by atoms with Crippen LogP contribution in [0.1, 0.15) is 47.1 Å². The number of carbonyl (C=O) groups is 2. The van der Waals surface area contributed by atoms with Crippen LogP contribution in [-0.2, 0) is 19.9 Å². The fourth-order valence-corrected chi connectivity index (χ4v) is 1.74. The third-order valence-corrected chi connectivity index (χ3v) is 3.00. The molecule has 1 amide bonds. The van der Waals surface area contributed by atoms with Crippen LogP contribution in [0.4, 0.5) is 10.5 Å². The van der Waals surface area contributed by atoms with Gasteiger partial charge in [0.25, 0.3) is 0 Å². The molecule has 122 valence electrons. The number of anilines is 1. The molecular formula is C17H25NO4. The van der Waals surface area contributed by atoms with Crippen molar-refractivity contribution >= 4 is 17.7 Å². The maximum absolute atomic E-state index is 11.8. The van der Waals surface area contributed by atoms with Gasteiger partial charge in [-0.2, -0.15) is 0 Å². The topological polar surface area (TPSA) is 64.6 Å². The average molecular weight is 307 g/mol. The van der Waals surface area contributed by atoms with Gasteiger partial charge in [-0.25, -0.2) is 4.79 Å². The zero-order valence-corrected chi connectivity index (χ0v) is 14.1. The largest absolute Gasteiger partial charge is 0.455 e. The first-order chi connectivity index (χ1) is 10.1. The van der Waals surface area contributed by atoms with Crippen molar-refractivity contribution in [2.45, 2.75) is 53.2 Å². The van der Waals surface area contributed by atoms with E-state index >= 15 is 0 Å². The van der Waals surface area contributed by atoms with Gasteiger partial charge in [0.1, 0.15) is 5.60 Å². The van der Waals surface area contributed by atoms with Crippen molar-refractivity contribution in [1.82, 2.24) is 0 Å². The van der Waals surface area contributed by atoms with E-state index in [2.05, 4.69) is 5.32 Å². The van der Waals surface area contributed by atoms with E-state index in [0.29, 0.717) is 5.69 Å². The molecule has 1 aromatic carbocycles. The molecule has 22 heavy (non-hydrogen) atoms. The van der Waals surface area contributed by atoms with E-state index in [4.69, 9.17) is 9.47 Å². The van der Waals surface area contributed by atoms with Crippen molar-refractivity contribution in [2.24, 2.45) is 5.92 Å². The molecule has 0 atom stereocenters. The Morgan fingerprint density at radius 3 is 2.05 bits per heavy atom. The number of hydrogen-bond acceptors (Lipinski definition) is 4. The van der Waals surface area contributed by atoms with E-state index in [0.717, 1.165) is 5.56 Å². The minimum atomic E-state index is -0.724. The Balaban J connectivity index is 2.75. The Hall–Kier alpha value is -2.04. The van der Waals surface area contributed by atoms with Crippen LogP contribution in [0, 0.1) is 5.92 Å². The van der Waals surface area contributed by atoms with Crippen molar-refractivity contribution in [1.29, 1.82) is 0 Å². The Bertz CT molecular complexity index is 518. The summed E-state index contributed by atoms with van der Waals surface area (Å²) >= 11 is 0. The molecule has 5 heteroatoms. The summed E-state index contributed by atoms with van der Waals surface area (Å²) in [6.07, 6.45) is -0.665. The second-order valence-corrected chi connectivity index (χ2v) is 6.24. The standard InChI is InChI=1S/C17H25NO4/c1-11(2)15(19)22-17(5,6)13-7-9-14(10-8-13)18-16(20)21-12(3)4/h7-12H,1-6H3,(H,18,20). The van der Waals surface area contributed by atoms with Crippen LogP contribution in [-0.4, -0.2) is 18.2 Å². The van der Waals surface area contributed by atoms with Gasteiger partial charge in [0.05, 0.1) is 12.0 Å². The molecule has 1 N–H and O–H groups in total. The van der Waals surface area contributed by atoms with Gasteiger partial charge < -0.3 is 9.47 Å². The molecule has 5 nitrogen and oxygen atoms in total. The molecule has 0 aromatic heterocycles. The minimum absolute atomic E-state index is 0.173. The van der Waals surface area contributed by atoms with E-state index in [1.165, 1.54) is 0 Å². The quantitative estimate of drug-likeness (QED) is 0.833. The highest BCUT2D eigenvalue weighted by Gasteiger charge is 2.26. The van der Waals surface area contributed by atoms with Crippen LogP contribution in [0.15, 0.2) is 24.3 Å². The number of nitrogens with one attached hydrogen (secondary N) is 1. The van der Waals surface area contributed by atoms with Gasteiger partial charge >= 0.3 is 12.1 Å². The molecule has 0 fully saturated rings. The average Bonchev–Trinajstić information content (AvgIpc) is 2.37. The zero-order valence-electron chi connectivity index (χ0n) is 14.1. The van der Waals surface area contributed by atoms with E-state index in [1.807, 2.05) is 26.0 Å². The first-order valence-corrected chi connectivity index (χ1v) is 7.43. The van der Waals surface area contributed by atoms with Crippen molar-refractivity contribution in [2.75, 3.05) is 5.32 Å². The van der Waals surface area contributed by atoms with E-state index < -0.39 is 11.7 Å². The first-order valence-electron chi connectivity index (χ1n) is 7.43. The summed E-state index contributed by atoms with van der Waals surface area (Å²) in [5.41, 5.74) is 0.753. The second-order valence-electron chi connectivity index (χ2n) is 6.24. The summed E-state index contributed by atoms with van der Waals surface area (Å²) in [6.45, 7) is 10.8. The Labute approximate surface area is 132 Å². The number of esters is 1. The van der Waals surface area contributed by atoms with Gasteiger partial charge in [0, 0.05) is 5.69 Å². The molecule has 0 aliphatic heterocycles. The molecular weight excluding hydrogens is 282 g/mol. The van der Waals surface area contributed by atoms with E-state index in [1.54, 1.807) is 39.8 Å². The SMILES string of the molecule is CC(C)OC(=O)Nc1ccc(C(C)(C)OC(=O)C(C)C)cc1. The third-order valence-electron chi connectivity index (χ3n) is 3.00. The predicted octanol–water partition coefficient (Wildman–Crippen LogP) is 4.08.